The van der Waals surface area contributed by atoms with Gasteiger partial charge in [-0.25, -0.2) is 0 Å². The molecule has 1 aliphatic rings. The summed E-state index contributed by atoms with van der Waals surface area (Å²) in [5.41, 5.74) is 3.80. The molecule has 12 heavy (non-hydrogen) atoms. The van der Waals surface area contributed by atoms with E-state index in [9.17, 15) is 0 Å². The highest BCUT2D eigenvalue weighted by Gasteiger charge is 2.34. The maximum Gasteiger partial charge on any atom is 0.132 e. The van der Waals surface area contributed by atoms with E-state index in [4.69, 9.17) is 17.3 Å². The van der Waals surface area contributed by atoms with Gasteiger partial charge in [-0.05, 0) is 20.3 Å². The first-order valence-electron chi connectivity index (χ1n) is 4.49. The van der Waals surface area contributed by atoms with E-state index in [0.717, 1.165) is 13.0 Å². The maximum atomic E-state index is 5.64. The van der Waals surface area contributed by atoms with E-state index in [0.29, 0.717) is 0 Å². The van der Waals surface area contributed by atoms with Gasteiger partial charge < -0.3 is 15.2 Å². The first-order chi connectivity index (χ1) is 5.63. The Hall–Kier alpha value is -0.0551. The van der Waals surface area contributed by atoms with Gasteiger partial charge in [-0.2, -0.15) is 0 Å². The first kappa shape index (κ1) is 10.0. The molecule has 0 aromatic carbocycles. The van der Waals surface area contributed by atoms with Crippen LogP contribution in [0.4, 0.5) is 0 Å². The zero-order valence-corrected chi connectivity index (χ0v) is 7.82. The average molecular weight is 170 g/mol. The number of ether oxygens (including phenoxy) is 2. The normalized spacial score (nSPS) is 36.2. The van der Waals surface area contributed by atoms with Gasteiger partial charge in [0.2, 0.25) is 0 Å². The van der Waals surface area contributed by atoms with Crippen LogP contribution in [0.5, 0.6) is 0 Å². The molecule has 3 nitrogen and oxygen atoms in total. The third-order valence-electron chi connectivity index (χ3n) is 1.96. The molecule has 3 N–H and O–H groups in total. The zero-order chi connectivity index (χ0) is 9.14. The molecular formula is C8H17BNO2+. The monoisotopic (exact) mass is 170 g/mol. The Labute approximate surface area is 75.0 Å². The molecule has 2 radical (unpaired) electrons. The Balaban J connectivity index is 2.40. The molecule has 0 bridgehead atoms. The van der Waals surface area contributed by atoms with Crippen molar-refractivity contribution in [2.75, 3.05) is 6.54 Å². The second-order valence-corrected chi connectivity index (χ2v) is 3.46. The fourth-order valence-electron chi connectivity index (χ4n) is 1.50. The first-order valence-corrected chi connectivity index (χ1v) is 4.49. The highest BCUT2D eigenvalue weighted by molar-refractivity contribution is 6.11. The van der Waals surface area contributed by atoms with Gasteiger partial charge in [0.1, 0.15) is 20.5 Å². The second kappa shape index (κ2) is 4.26. The van der Waals surface area contributed by atoms with Gasteiger partial charge in [-0.1, -0.05) is 0 Å². The summed E-state index contributed by atoms with van der Waals surface area (Å²) in [6, 6.07) is -0.166. The molecule has 1 heterocycles. The lowest BCUT2D eigenvalue weighted by Gasteiger charge is -2.18. The SMILES string of the molecule is [B][C@H]1C[C@@H](OC(C)C)[C@@H](C[NH3+])O1. The Morgan fingerprint density at radius 1 is 1.67 bits per heavy atom. The van der Waals surface area contributed by atoms with Crippen LogP contribution in [0, 0.1) is 0 Å². The van der Waals surface area contributed by atoms with Gasteiger partial charge in [0, 0.05) is 6.00 Å². The van der Waals surface area contributed by atoms with Crippen molar-refractivity contribution in [3.8, 4) is 0 Å². The standard InChI is InChI=1S/C8H16BNO2/c1-5(2)11-6-3-8(9)12-7(6)4-10/h5-8H,3-4,10H2,1-2H3/p+1/t6-,7-,8-/m1/s1. The Morgan fingerprint density at radius 2 is 2.33 bits per heavy atom. The molecule has 1 fully saturated rings. The van der Waals surface area contributed by atoms with Crippen LogP contribution in [0.25, 0.3) is 0 Å². The molecule has 0 aromatic rings. The highest BCUT2D eigenvalue weighted by Crippen LogP contribution is 2.21. The van der Waals surface area contributed by atoms with Crippen molar-refractivity contribution in [1.29, 1.82) is 0 Å². The molecule has 0 unspecified atom stereocenters. The van der Waals surface area contributed by atoms with Gasteiger partial charge in [0.05, 0.1) is 12.2 Å². The van der Waals surface area contributed by atoms with Crippen molar-refractivity contribution in [1.82, 2.24) is 0 Å². The molecule has 68 valence electrons. The van der Waals surface area contributed by atoms with Crippen LogP contribution in [-0.2, 0) is 9.47 Å². The molecule has 0 saturated carbocycles. The van der Waals surface area contributed by atoms with Crippen molar-refractivity contribution in [2.24, 2.45) is 0 Å². The molecule has 0 aliphatic carbocycles. The lowest BCUT2D eigenvalue weighted by Crippen LogP contribution is -2.58. The fraction of sp³-hybridized carbons (Fsp3) is 1.00. The predicted octanol–water partition coefficient (Wildman–Crippen LogP) is -0.695. The number of quaternary nitrogens is 1. The van der Waals surface area contributed by atoms with Crippen LogP contribution in [0.2, 0.25) is 0 Å². The predicted molar refractivity (Wildman–Crippen MR) is 46.8 cm³/mol. The molecule has 3 atom stereocenters. The van der Waals surface area contributed by atoms with Gasteiger partial charge in [0.25, 0.3) is 0 Å². The third kappa shape index (κ3) is 2.47. The van der Waals surface area contributed by atoms with Crippen LogP contribution in [0.15, 0.2) is 0 Å². The summed E-state index contributed by atoms with van der Waals surface area (Å²) >= 11 is 0. The van der Waals surface area contributed by atoms with Crippen LogP contribution < -0.4 is 5.73 Å². The van der Waals surface area contributed by atoms with Crippen molar-refractivity contribution < 1.29 is 15.2 Å². The quantitative estimate of drug-likeness (QED) is 0.569. The van der Waals surface area contributed by atoms with Gasteiger partial charge in [-0.3, -0.25) is 0 Å². The van der Waals surface area contributed by atoms with Crippen LogP contribution >= 0.6 is 0 Å². The van der Waals surface area contributed by atoms with E-state index in [1.165, 1.54) is 0 Å². The van der Waals surface area contributed by atoms with E-state index in [1.807, 2.05) is 13.8 Å². The molecule has 1 rings (SSSR count). The maximum absolute atomic E-state index is 5.64. The van der Waals surface area contributed by atoms with E-state index >= 15 is 0 Å². The molecule has 0 amide bonds. The van der Waals surface area contributed by atoms with Gasteiger partial charge in [-0.15, -0.1) is 0 Å². The largest absolute Gasteiger partial charge is 0.376 e. The van der Waals surface area contributed by atoms with Crippen molar-refractivity contribution in [3.63, 3.8) is 0 Å². The molecule has 4 heteroatoms. The summed E-state index contributed by atoms with van der Waals surface area (Å²) in [6.07, 6.45) is 1.25. The summed E-state index contributed by atoms with van der Waals surface area (Å²) in [4.78, 5) is 0. The van der Waals surface area contributed by atoms with E-state index in [1.54, 1.807) is 0 Å². The molecule has 1 saturated heterocycles. The number of hydrogen-bond acceptors (Lipinski definition) is 2. The second-order valence-electron chi connectivity index (χ2n) is 3.46. The zero-order valence-electron chi connectivity index (χ0n) is 7.82. The van der Waals surface area contributed by atoms with Crippen molar-refractivity contribution in [2.45, 2.75) is 44.6 Å². The van der Waals surface area contributed by atoms with Crippen molar-refractivity contribution >= 4 is 7.85 Å². The fourth-order valence-corrected chi connectivity index (χ4v) is 1.50. The van der Waals surface area contributed by atoms with Crippen LogP contribution in [-0.4, -0.2) is 38.7 Å². The van der Waals surface area contributed by atoms with E-state index in [2.05, 4.69) is 5.73 Å². The van der Waals surface area contributed by atoms with Gasteiger partial charge >= 0.3 is 0 Å². The van der Waals surface area contributed by atoms with Gasteiger partial charge in [0.15, 0.2) is 0 Å². The smallest absolute Gasteiger partial charge is 0.132 e. The molecule has 0 aromatic heterocycles. The number of rotatable bonds is 3. The average Bonchev–Trinajstić information content (AvgIpc) is 2.29. The minimum Gasteiger partial charge on any atom is -0.376 e. The summed E-state index contributed by atoms with van der Waals surface area (Å²) in [6.45, 7) is 4.76. The Bertz CT molecular complexity index is 143. The van der Waals surface area contributed by atoms with E-state index in [-0.39, 0.29) is 24.3 Å². The van der Waals surface area contributed by atoms with Crippen molar-refractivity contribution in [3.05, 3.63) is 0 Å². The Morgan fingerprint density at radius 3 is 2.83 bits per heavy atom. The molecular weight excluding hydrogens is 153 g/mol. The molecule has 0 spiro atoms. The minimum absolute atomic E-state index is 0.0856. The Kier molecular flexibility index (Phi) is 3.56. The number of hydrogen-bond donors (Lipinski definition) is 1. The highest BCUT2D eigenvalue weighted by atomic mass is 16.6. The summed E-state index contributed by atoms with van der Waals surface area (Å²) in [5.74, 6) is 0. The lowest BCUT2D eigenvalue weighted by atomic mass is 9.96. The summed E-state index contributed by atoms with van der Waals surface area (Å²) in [7, 11) is 5.64. The van der Waals surface area contributed by atoms with Crippen LogP contribution in [0.3, 0.4) is 0 Å². The molecule has 1 aliphatic heterocycles. The lowest BCUT2D eigenvalue weighted by molar-refractivity contribution is -0.388. The summed E-state index contributed by atoms with van der Waals surface area (Å²) < 4.78 is 11.1. The van der Waals surface area contributed by atoms with Crippen LogP contribution in [0.1, 0.15) is 20.3 Å². The topological polar surface area (TPSA) is 46.1 Å². The third-order valence-corrected chi connectivity index (χ3v) is 1.96. The minimum atomic E-state index is -0.166. The van der Waals surface area contributed by atoms with E-state index < -0.39 is 0 Å². The summed E-state index contributed by atoms with van der Waals surface area (Å²) in [5, 5.41) is 0.